The smallest absolute Gasteiger partial charge is 0.266 e. The van der Waals surface area contributed by atoms with Crippen molar-refractivity contribution in [2.45, 2.75) is 25.7 Å². The van der Waals surface area contributed by atoms with E-state index >= 15 is 0 Å². The first-order chi connectivity index (χ1) is 12.2. The molecular formula is C19H24N4O2. The maximum Gasteiger partial charge on any atom is 0.266 e. The van der Waals surface area contributed by atoms with Crippen LogP contribution < -0.4 is 15.8 Å². The highest BCUT2D eigenvalue weighted by molar-refractivity contribution is 5.79. The van der Waals surface area contributed by atoms with Gasteiger partial charge in [0.25, 0.3) is 5.56 Å². The number of benzene rings is 1. The van der Waals surface area contributed by atoms with Crippen molar-refractivity contribution in [2.24, 2.45) is 5.92 Å². The van der Waals surface area contributed by atoms with E-state index in [2.05, 4.69) is 32.5 Å². The Morgan fingerprint density at radius 2 is 2.16 bits per heavy atom. The molecule has 0 radical (unpaired) electrons. The number of hydrogen-bond donors (Lipinski definition) is 2. The summed E-state index contributed by atoms with van der Waals surface area (Å²) in [6, 6.07) is 11.8. The van der Waals surface area contributed by atoms with Crippen LogP contribution in [-0.4, -0.2) is 35.7 Å². The second-order valence-corrected chi connectivity index (χ2v) is 6.47. The van der Waals surface area contributed by atoms with Crippen LogP contribution in [0.5, 0.6) is 0 Å². The first-order valence-corrected chi connectivity index (χ1v) is 8.84. The number of nitrogens with one attached hydrogen (secondary N) is 2. The lowest BCUT2D eigenvalue weighted by atomic mass is 9.96. The minimum Gasteiger partial charge on any atom is -0.369 e. The third kappa shape index (κ3) is 4.92. The molecular weight excluding hydrogens is 316 g/mol. The fraction of sp³-hybridized carbons (Fsp3) is 0.421. The fourth-order valence-corrected chi connectivity index (χ4v) is 3.26. The molecule has 0 spiro atoms. The Morgan fingerprint density at radius 3 is 2.96 bits per heavy atom. The van der Waals surface area contributed by atoms with Gasteiger partial charge in [-0.3, -0.25) is 9.59 Å². The van der Waals surface area contributed by atoms with E-state index in [1.807, 2.05) is 18.2 Å². The van der Waals surface area contributed by atoms with Crippen molar-refractivity contribution >= 4 is 11.6 Å². The molecule has 1 aliphatic heterocycles. The predicted octanol–water partition coefficient (Wildman–Crippen LogP) is 1.74. The molecule has 2 N–H and O–H groups in total. The second-order valence-electron chi connectivity index (χ2n) is 6.47. The molecule has 0 aliphatic carbocycles. The number of carbonyl (C=O) groups is 1. The Kier molecular flexibility index (Phi) is 5.82. The van der Waals surface area contributed by atoms with Crippen LogP contribution in [0.2, 0.25) is 0 Å². The molecule has 6 heteroatoms. The van der Waals surface area contributed by atoms with Crippen molar-refractivity contribution in [1.82, 2.24) is 15.5 Å². The summed E-state index contributed by atoms with van der Waals surface area (Å²) in [5.41, 5.74) is 1.86. The maximum absolute atomic E-state index is 12.4. The van der Waals surface area contributed by atoms with Gasteiger partial charge in [0, 0.05) is 25.7 Å². The average Bonchev–Trinajstić information content (AvgIpc) is 2.66. The number of aryl methyl sites for hydroxylation is 1. The molecule has 1 aromatic carbocycles. The summed E-state index contributed by atoms with van der Waals surface area (Å²) in [5.74, 6) is 0.0697. The highest BCUT2D eigenvalue weighted by Gasteiger charge is 2.26. The largest absolute Gasteiger partial charge is 0.369 e. The second kappa shape index (κ2) is 8.46. The van der Waals surface area contributed by atoms with Gasteiger partial charge < -0.3 is 10.2 Å². The van der Waals surface area contributed by atoms with Gasteiger partial charge in [0.2, 0.25) is 5.91 Å². The van der Waals surface area contributed by atoms with Crippen LogP contribution in [-0.2, 0) is 11.2 Å². The number of amides is 1. The monoisotopic (exact) mass is 340 g/mol. The normalized spacial score (nSPS) is 17.3. The average molecular weight is 340 g/mol. The van der Waals surface area contributed by atoms with Gasteiger partial charge in [-0.1, -0.05) is 30.3 Å². The summed E-state index contributed by atoms with van der Waals surface area (Å²) in [4.78, 5) is 25.9. The Bertz CT molecular complexity index is 744. The van der Waals surface area contributed by atoms with Crippen LogP contribution in [0, 0.1) is 5.92 Å². The predicted molar refractivity (Wildman–Crippen MR) is 97.6 cm³/mol. The number of H-pyrrole nitrogens is 1. The van der Waals surface area contributed by atoms with E-state index < -0.39 is 0 Å². The first-order valence-electron chi connectivity index (χ1n) is 8.84. The van der Waals surface area contributed by atoms with E-state index in [-0.39, 0.29) is 17.4 Å². The van der Waals surface area contributed by atoms with Crippen molar-refractivity contribution in [3.05, 3.63) is 58.5 Å². The van der Waals surface area contributed by atoms with Gasteiger partial charge in [-0.25, -0.2) is 5.10 Å². The Hall–Kier alpha value is -2.63. The van der Waals surface area contributed by atoms with Crippen molar-refractivity contribution in [2.75, 3.05) is 24.5 Å². The molecule has 0 bridgehead atoms. The Labute approximate surface area is 147 Å². The standard InChI is InChI=1S/C19H24N4O2/c24-18-12-17(13-21-22-18)23-11-5-9-16(14-23)19(25)20-10-4-8-15-6-2-1-3-7-15/h1-3,6-7,12-13,16H,4-5,8-11,14H2,(H,20,25)(H,22,24)/t16-/m0/s1. The summed E-state index contributed by atoms with van der Waals surface area (Å²) in [6.07, 6.45) is 5.37. The molecule has 25 heavy (non-hydrogen) atoms. The van der Waals surface area contributed by atoms with Crippen LogP contribution in [0.1, 0.15) is 24.8 Å². The number of carbonyl (C=O) groups excluding carboxylic acids is 1. The topological polar surface area (TPSA) is 78.1 Å². The zero-order chi connectivity index (χ0) is 17.5. The highest BCUT2D eigenvalue weighted by Crippen LogP contribution is 2.21. The zero-order valence-corrected chi connectivity index (χ0v) is 14.3. The van der Waals surface area contributed by atoms with E-state index in [0.717, 1.165) is 37.9 Å². The number of hydrogen-bond acceptors (Lipinski definition) is 4. The van der Waals surface area contributed by atoms with E-state index in [4.69, 9.17) is 0 Å². The van der Waals surface area contributed by atoms with E-state index in [1.54, 1.807) is 6.20 Å². The highest BCUT2D eigenvalue weighted by atomic mass is 16.2. The third-order valence-electron chi connectivity index (χ3n) is 4.59. The molecule has 3 rings (SSSR count). The molecule has 0 unspecified atom stereocenters. The van der Waals surface area contributed by atoms with Crippen molar-refractivity contribution in [1.29, 1.82) is 0 Å². The van der Waals surface area contributed by atoms with Gasteiger partial charge >= 0.3 is 0 Å². The minimum absolute atomic E-state index is 0.0373. The molecule has 1 aliphatic rings. The van der Waals surface area contributed by atoms with Crippen LogP contribution in [0.3, 0.4) is 0 Å². The van der Waals surface area contributed by atoms with Gasteiger partial charge in [0.15, 0.2) is 0 Å². The van der Waals surface area contributed by atoms with E-state index in [0.29, 0.717) is 13.1 Å². The van der Waals surface area contributed by atoms with E-state index in [1.165, 1.54) is 11.6 Å². The van der Waals surface area contributed by atoms with Gasteiger partial charge in [0.1, 0.15) is 0 Å². The van der Waals surface area contributed by atoms with Gasteiger partial charge in [-0.05, 0) is 31.2 Å². The van der Waals surface area contributed by atoms with Crippen molar-refractivity contribution in [3.63, 3.8) is 0 Å². The quantitative estimate of drug-likeness (QED) is 0.785. The van der Waals surface area contributed by atoms with Gasteiger partial charge in [-0.15, -0.1) is 0 Å². The summed E-state index contributed by atoms with van der Waals surface area (Å²) in [6.45, 7) is 2.18. The number of aromatic amines is 1. The van der Waals surface area contributed by atoms with Gasteiger partial charge in [0.05, 0.1) is 17.8 Å². The number of aromatic nitrogens is 2. The summed E-state index contributed by atoms with van der Waals surface area (Å²) < 4.78 is 0. The van der Waals surface area contributed by atoms with Crippen LogP contribution in [0.4, 0.5) is 5.69 Å². The number of rotatable bonds is 6. The SMILES string of the molecule is O=C(NCCCc1ccccc1)[C@H]1CCCN(c2cn[nH]c(=O)c2)C1. The first kappa shape index (κ1) is 17.2. The lowest BCUT2D eigenvalue weighted by molar-refractivity contribution is -0.125. The maximum atomic E-state index is 12.4. The molecule has 2 aromatic rings. The number of anilines is 1. The van der Waals surface area contributed by atoms with Crippen LogP contribution in [0.25, 0.3) is 0 Å². The Morgan fingerprint density at radius 1 is 1.32 bits per heavy atom. The van der Waals surface area contributed by atoms with Crippen LogP contribution in [0.15, 0.2) is 47.4 Å². The zero-order valence-electron chi connectivity index (χ0n) is 14.3. The number of piperidine rings is 1. The molecule has 132 valence electrons. The molecule has 1 amide bonds. The number of nitrogens with zero attached hydrogens (tertiary/aromatic N) is 2. The molecule has 1 saturated heterocycles. The summed E-state index contributed by atoms with van der Waals surface area (Å²) in [7, 11) is 0. The molecule has 2 heterocycles. The Balaban J connectivity index is 1.46. The fourth-order valence-electron chi connectivity index (χ4n) is 3.26. The van der Waals surface area contributed by atoms with Crippen LogP contribution >= 0.6 is 0 Å². The van der Waals surface area contributed by atoms with E-state index in [9.17, 15) is 9.59 Å². The molecule has 1 fully saturated rings. The lowest BCUT2D eigenvalue weighted by Crippen LogP contribution is -2.43. The van der Waals surface area contributed by atoms with Gasteiger partial charge in [-0.2, -0.15) is 5.10 Å². The third-order valence-corrected chi connectivity index (χ3v) is 4.59. The summed E-state index contributed by atoms with van der Waals surface area (Å²) >= 11 is 0. The molecule has 1 aromatic heterocycles. The minimum atomic E-state index is -0.218. The molecule has 6 nitrogen and oxygen atoms in total. The van der Waals surface area contributed by atoms with Crippen molar-refractivity contribution < 1.29 is 4.79 Å². The molecule has 0 saturated carbocycles. The summed E-state index contributed by atoms with van der Waals surface area (Å²) in [5, 5.41) is 9.28. The molecule has 1 atom stereocenters. The lowest BCUT2D eigenvalue weighted by Gasteiger charge is -2.33. The van der Waals surface area contributed by atoms with Crippen molar-refractivity contribution in [3.8, 4) is 0 Å².